The van der Waals surface area contributed by atoms with Crippen molar-refractivity contribution in [2.45, 2.75) is 37.5 Å². The van der Waals surface area contributed by atoms with Gasteiger partial charge in [0.15, 0.2) is 0 Å². The highest BCUT2D eigenvalue weighted by Crippen LogP contribution is 2.40. The second-order valence-electron chi connectivity index (χ2n) is 5.69. The zero-order valence-electron chi connectivity index (χ0n) is 11.6. The van der Waals surface area contributed by atoms with Gasteiger partial charge in [-0.15, -0.1) is 0 Å². The molecule has 0 bridgehead atoms. The minimum absolute atomic E-state index is 0.669. The summed E-state index contributed by atoms with van der Waals surface area (Å²) in [4.78, 5) is 0. The number of hydrogen-bond donors (Lipinski definition) is 0. The van der Waals surface area contributed by atoms with Crippen LogP contribution in [-0.4, -0.2) is 0 Å². The molecule has 0 heterocycles. The van der Waals surface area contributed by atoms with E-state index in [0.29, 0.717) is 5.92 Å². The molecule has 1 saturated carbocycles. The molecule has 0 atom stereocenters. The van der Waals surface area contributed by atoms with Crippen LogP contribution in [0.25, 0.3) is 0 Å². The molecule has 100 valence electrons. The minimum Gasteiger partial charge on any atom is -0.192 e. The van der Waals surface area contributed by atoms with Crippen LogP contribution in [0.4, 0.5) is 0 Å². The molecule has 1 aliphatic rings. The van der Waals surface area contributed by atoms with E-state index in [2.05, 4.69) is 48.5 Å². The molecule has 0 spiro atoms. The van der Waals surface area contributed by atoms with Crippen LogP contribution < -0.4 is 0 Å². The number of hydrogen-bond acceptors (Lipinski definition) is 1. The van der Waals surface area contributed by atoms with Crippen LogP contribution in [0.2, 0.25) is 0 Å². The highest BCUT2D eigenvalue weighted by atomic mass is 14.3. The van der Waals surface area contributed by atoms with Gasteiger partial charge in [0.25, 0.3) is 0 Å². The first kappa shape index (κ1) is 12.9. The Labute approximate surface area is 120 Å². The number of nitriles is 1. The molecular formula is C19H19N. The SMILES string of the molecule is N#Cc1ccc(C2CCC(c3ccccc3)CC2)cc1. The molecule has 0 aromatic heterocycles. The van der Waals surface area contributed by atoms with Gasteiger partial charge < -0.3 is 0 Å². The third-order valence-electron chi connectivity index (χ3n) is 4.51. The number of rotatable bonds is 2. The average Bonchev–Trinajstić information content (AvgIpc) is 2.56. The zero-order valence-corrected chi connectivity index (χ0v) is 11.6. The van der Waals surface area contributed by atoms with Crippen molar-refractivity contribution in [1.29, 1.82) is 5.26 Å². The van der Waals surface area contributed by atoms with Gasteiger partial charge in [0.2, 0.25) is 0 Å². The van der Waals surface area contributed by atoms with E-state index in [0.717, 1.165) is 11.5 Å². The van der Waals surface area contributed by atoms with Gasteiger partial charge in [-0.25, -0.2) is 0 Å². The largest absolute Gasteiger partial charge is 0.192 e. The second-order valence-corrected chi connectivity index (χ2v) is 5.69. The highest BCUT2D eigenvalue weighted by Gasteiger charge is 2.23. The first-order valence-electron chi connectivity index (χ1n) is 7.42. The van der Waals surface area contributed by atoms with Crippen molar-refractivity contribution in [1.82, 2.24) is 0 Å². The fourth-order valence-electron chi connectivity index (χ4n) is 3.32. The molecule has 2 aromatic carbocycles. The Hall–Kier alpha value is -2.07. The lowest BCUT2D eigenvalue weighted by Gasteiger charge is -2.29. The first-order valence-corrected chi connectivity index (χ1v) is 7.42. The first-order chi connectivity index (χ1) is 9.86. The van der Waals surface area contributed by atoms with E-state index in [-0.39, 0.29) is 0 Å². The highest BCUT2D eigenvalue weighted by molar-refractivity contribution is 5.33. The number of nitrogens with zero attached hydrogens (tertiary/aromatic N) is 1. The van der Waals surface area contributed by atoms with Crippen molar-refractivity contribution in [2.75, 3.05) is 0 Å². The minimum atomic E-state index is 0.669. The van der Waals surface area contributed by atoms with Crippen molar-refractivity contribution in [3.63, 3.8) is 0 Å². The predicted octanol–water partition coefficient (Wildman–Crippen LogP) is 5.00. The molecule has 0 N–H and O–H groups in total. The van der Waals surface area contributed by atoms with Crippen molar-refractivity contribution >= 4 is 0 Å². The van der Waals surface area contributed by atoms with Crippen LogP contribution in [0.5, 0.6) is 0 Å². The van der Waals surface area contributed by atoms with Crippen molar-refractivity contribution in [2.24, 2.45) is 0 Å². The lowest BCUT2D eigenvalue weighted by Crippen LogP contribution is -2.12. The van der Waals surface area contributed by atoms with Crippen LogP contribution in [0.15, 0.2) is 54.6 Å². The second kappa shape index (κ2) is 5.92. The molecule has 0 unspecified atom stereocenters. The van der Waals surface area contributed by atoms with Crippen LogP contribution in [0.3, 0.4) is 0 Å². The fraction of sp³-hybridized carbons (Fsp3) is 0.316. The Morgan fingerprint density at radius 1 is 0.700 bits per heavy atom. The molecule has 0 amide bonds. The van der Waals surface area contributed by atoms with E-state index >= 15 is 0 Å². The predicted molar refractivity (Wildman–Crippen MR) is 81.5 cm³/mol. The van der Waals surface area contributed by atoms with E-state index in [1.165, 1.54) is 36.8 Å². The van der Waals surface area contributed by atoms with Gasteiger partial charge in [0, 0.05) is 0 Å². The maximum Gasteiger partial charge on any atom is 0.0991 e. The summed E-state index contributed by atoms with van der Waals surface area (Å²) in [7, 11) is 0. The Kier molecular flexibility index (Phi) is 3.83. The molecular weight excluding hydrogens is 242 g/mol. The topological polar surface area (TPSA) is 23.8 Å². The van der Waals surface area contributed by atoms with Crippen molar-refractivity contribution in [3.8, 4) is 6.07 Å². The third-order valence-corrected chi connectivity index (χ3v) is 4.51. The summed E-state index contributed by atoms with van der Waals surface area (Å²) in [5, 5.41) is 8.85. The molecule has 1 nitrogen and oxygen atoms in total. The zero-order chi connectivity index (χ0) is 13.8. The standard InChI is InChI=1S/C19H19N/c20-14-15-6-8-17(9-7-15)19-12-10-18(11-13-19)16-4-2-1-3-5-16/h1-9,18-19H,10-13H2. The van der Waals surface area contributed by atoms with Crippen LogP contribution in [-0.2, 0) is 0 Å². The molecule has 0 radical (unpaired) electrons. The normalized spacial score (nSPS) is 22.1. The lowest BCUT2D eigenvalue weighted by atomic mass is 9.76. The van der Waals surface area contributed by atoms with Crippen molar-refractivity contribution < 1.29 is 0 Å². The maximum atomic E-state index is 8.85. The molecule has 0 aliphatic heterocycles. The molecule has 3 rings (SSSR count). The lowest BCUT2D eigenvalue weighted by molar-refractivity contribution is 0.396. The van der Waals surface area contributed by atoms with Gasteiger partial charge in [-0.2, -0.15) is 5.26 Å². The maximum absolute atomic E-state index is 8.85. The summed E-state index contributed by atoms with van der Waals surface area (Å²) in [5.74, 6) is 1.40. The van der Waals surface area contributed by atoms with E-state index in [1.54, 1.807) is 0 Å². The quantitative estimate of drug-likeness (QED) is 0.746. The summed E-state index contributed by atoms with van der Waals surface area (Å²) >= 11 is 0. The molecule has 1 heteroatoms. The monoisotopic (exact) mass is 261 g/mol. The van der Waals surface area contributed by atoms with E-state index < -0.39 is 0 Å². The summed E-state index contributed by atoms with van der Waals surface area (Å²) in [6.07, 6.45) is 5.06. The van der Waals surface area contributed by atoms with Crippen LogP contribution in [0, 0.1) is 11.3 Å². The Morgan fingerprint density at radius 3 is 1.70 bits per heavy atom. The van der Waals surface area contributed by atoms with Gasteiger partial charge in [0.05, 0.1) is 11.6 Å². The van der Waals surface area contributed by atoms with Gasteiger partial charge in [-0.1, -0.05) is 42.5 Å². The van der Waals surface area contributed by atoms with Gasteiger partial charge in [-0.3, -0.25) is 0 Å². The van der Waals surface area contributed by atoms with Gasteiger partial charge in [-0.05, 0) is 60.8 Å². The molecule has 2 aromatic rings. The van der Waals surface area contributed by atoms with Crippen molar-refractivity contribution in [3.05, 3.63) is 71.3 Å². The third kappa shape index (κ3) is 2.75. The van der Waals surface area contributed by atoms with Gasteiger partial charge in [0.1, 0.15) is 0 Å². The smallest absolute Gasteiger partial charge is 0.0991 e. The molecule has 1 fully saturated rings. The fourth-order valence-corrected chi connectivity index (χ4v) is 3.32. The van der Waals surface area contributed by atoms with E-state index in [4.69, 9.17) is 5.26 Å². The van der Waals surface area contributed by atoms with Crippen LogP contribution in [0.1, 0.15) is 54.2 Å². The molecule has 0 saturated heterocycles. The summed E-state index contributed by atoms with van der Waals surface area (Å²) < 4.78 is 0. The Balaban J connectivity index is 1.65. The van der Waals surface area contributed by atoms with Crippen LogP contribution >= 0.6 is 0 Å². The Morgan fingerprint density at radius 2 is 1.20 bits per heavy atom. The van der Waals surface area contributed by atoms with E-state index in [9.17, 15) is 0 Å². The Bertz CT molecular complexity index is 584. The van der Waals surface area contributed by atoms with Gasteiger partial charge >= 0.3 is 0 Å². The molecule has 1 aliphatic carbocycles. The molecule has 20 heavy (non-hydrogen) atoms. The summed E-state index contributed by atoms with van der Waals surface area (Å²) in [5.41, 5.74) is 3.65. The van der Waals surface area contributed by atoms with E-state index in [1.807, 2.05) is 12.1 Å². The summed E-state index contributed by atoms with van der Waals surface area (Å²) in [6, 6.07) is 21.2. The number of benzene rings is 2. The summed E-state index contributed by atoms with van der Waals surface area (Å²) in [6.45, 7) is 0. The average molecular weight is 261 g/mol.